The summed E-state index contributed by atoms with van der Waals surface area (Å²) >= 11 is 6.25. The van der Waals surface area contributed by atoms with Crippen molar-refractivity contribution in [2.45, 2.75) is 55.9 Å². The molecule has 2 aliphatic carbocycles. The Bertz CT molecular complexity index is 1410. The number of fused-ring (bicyclic) bond motifs is 1. The molecule has 3 aromatic rings. The predicted molar refractivity (Wildman–Crippen MR) is 159 cm³/mol. The molecule has 0 amide bonds. The number of nitrogens with zero attached hydrogens (tertiary/aromatic N) is 5. The number of allylic oxidation sites excluding steroid dienone is 1. The molecule has 1 saturated heterocycles. The number of hydrogen-bond donors (Lipinski definition) is 2. The van der Waals surface area contributed by atoms with Crippen molar-refractivity contribution in [3.8, 4) is 0 Å². The number of hydrogen-bond acceptors (Lipinski definition) is 6. The van der Waals surface area contributed by atoms with Gasteiger partial charge in [0, 0.05) is 36.3 Å². The van der Waals surface area contributed by atoms with Gasteiger partial charge in [-0.1, -0.05) is 18.2 Å². The maximum atomic E-state index is 12.5. The van der Waals surface area contributed by atoms with Gasteiger partial charge in [-0.2, -0.15) is 9.38 Å². The molecule has 6 rings (SSSR count). The summed E-state index contributed by atoms with van der Waals surface area (Å²) in [7, 11) is -1.50. The highest BCUT2D eigenvalue weighted by atomic mass is 35.5. The fourth-order valence-electron chi connectivity index (χ4n) is 6.44. The third-order valence-corrected chi connectivity index (χ3v) is 9.85. The minimum absolute atomic E-state index is 0.130. The summed E-state index contributed by atoms with van der Waals surface area (Å²) < 4.78 is 18.8. The van der Waals surface area contributed by atoms with Crippen molar-refractivity contribution in [1.29, 1.82) is 0 Å². The van der Waals surface area contributed by atoms with E-state index in [0.717, 1.165) is 36.2 Å². The number of nitrogen functional groups attached to an aromatic ring is 1. The SMILES string of the molecule is N/C(=C\C=N\S(=O)c1ccccc1)c1cn(C2CCC(C3CCN(CC4CC4)CC3)C2)c2nc(Cl)nc(N)c12. The molecule has 3 heterocycles. The van der Waals surface area contributed by atoms with Crippen LogP contribution in [0.3, 0.4) is 0 Å². The second-order valence-corrected chi connectivity index (χ2v) is 12.8. The summed E-state index contributed by atoms with van der Waals surface area (Å²) in [6.45, 7) is 3.80. The Morgan fingerprint density at radius 2 is 1.85 bits per heavy atom. The molecular weight excluding hydrogens is 530 g/mol. The van der Waals surface area contributed by atoms with Gasteiger partial charge in [0.25, 0.3) is 0 Å². The average molecular weight is 566 g/mol. The second kappa shape index (κ2) is 11.4. The lowest BCUT2D eigenvalue weighted by molar-refractivity contribution is 0.142. The van der Waals surface area contributed by atoms with Crippen molar-refractivity contribution >= 4 is 51.3 Å². The predicted octanol–water partition coefficient (Wildman–Crippen LogP) is 5.22. The molecule has 1 aromatic carbocycles. The smallest absolute Gasteiger partial charge is 0.226 e. The molecule has 2 aromatic heterocycles. The van der Waals surface area contributed by atoms with Gasteiger partial charge in [-0.3, -0.25) is 0 Å². The van der Waals surface area contributed by atoms with Crippen molar-refractivity contribution in [3.63, 3.8) is 0 Å². The summed E-state index contributed by atoms with van der Waals surface area (Å²) in [5.41, 5.74) is 14.8. The van der Waals surface area contributed by atoms with E-state index in [1.165, 1.54) is 58.0 Å². The van der Waals surface area contributed by atoms with E-state index in [2.05, 4.69) is 23.8 Å². The minimum atomic E-state index is -1.50. The highest BCUT2D eigenvalue weighted by Crippen LogP contribution is 2.44. The topological polar surface area (TPSA) is 115 Å². The minimum Gasteiger partial charge on any atom is -0.398 e. The first-order valence-electron chi connectivity index (χ1n) is 14.0. The van der Waals surface area contributed by atoms with Crippen molar-refractivity contribution in [2.24, 2.45) is 27.9 Å². The fraction of sp³-hybridized carbons (Fsp3) is 0.483. The molecule has 0 spiro atoms. The Labute approximate surface area is 237 Å². The van der Waals surface area contributed by atoms with Gasteiger partial charge in [0.1, 0.15) is 11.5 Å². The van der Waals surface area contributed by atoms with E-state index in [9.17, 15) is 4.21 Å². The average Bonchev–Trinajstić information content (AvgIpc) is 3.47. The molecule has 10 heteroatoms. The molecule has 39 heavy (non-hydrogen) atoms. The van der Waals surface area contributed by atoms with Gasteiger partial charge in [0.2, 0.25) is 5.28 Å². The first kappa shape index (κ1) is 26.5. The van der Waals surface area contributed by atoms with Crippen molar-refractivity contribution in [2.75, 3.05) is 25.4 Å². The van der Waals surface area contributed by atoms with Crippen LogP contribution in [-0.2, 0) is 11.0 Å². The molecule has 0 bridgehead atoms. The summed E-state index contributed by atoms with van der Waals surface area (Å²) in [6.07, 6.45) is 14.1. The van der Waals surface area contributed by atoms with Gasteiger partial charge in [0.15, 0.2) is 11.0 Å². The molecule has 1 aliphatic heterocycles. The number of aromatic nitrogens is 3. The zero-order valence-electron chi connectivity index (χ0n) is 22.1. The van der Waals surface area contributed by atoms with Gasteiger partial charge in [-0.15, -0.1) is 0 Å². The van der Waals surface area contributed by atoms with Crippen molar-refractivity contribution in [1.82, 2.24) is 19.4 Å². The quantitative estimate of drug-likeness (QED) is 0.286. The summed E-state index contributed by atoms with van der Waals surface area (Å²) in [5, 5.41) is 0.827. The molecule has 0 radical (unpaired) electrons. The van der Waals surface area contributed by atoms with Crippen LogP contribution in [0, 0.1) is 17.8 Å². The summed E-state index contributed by atoms with van der Waals surface area (Å²) in [6, 6.07) is 9.42. The van der Waals surface area contributed by atoms with Crippen LogP contribution < -0.4 is 11.5 Å². The van der Waals surface area contributed by atoms with Crippen LogP contribution in [0.25, 0.3) is 16.7 Å². The van der Waals surface area contributed by atoms with E-state index in [1.807, 2.05) is 24.4 Å². The van der Waals surface area contributed by atoms with E-state index in [-0.39, 0.29) is 5.28 Å². The molecule has 3 aliphatic rings. The molecular formula is C29H36ClN7OS. The van der Waals surface area contributed by atoms with Crippen LogP contribution >= 0.6 is 11.6 Å². The number of likely N-dealkylation sites (tertiary alicyclic amines) is 1. The molecule has 206 valence electrons. The van der Waals surface area contributed by atoms with E-state index in [4.69, 9.17) is 23.1 Å². The fourth-order valence-corrected chi connectivity index (χ4v) is 7.30. The van der Waals surface area contributed by atoms with E-state index in [1.54, 1.807) is 18.2 Å². The summed E-state index contributed by atoms with van der Waals surface area (Å²) in [5.74, 6) is 2.79. The monoisotopic (exact) mass is 565 g/mol. The second-order valence-electron chi connectivity index (χ2n) is 11.3. The lowest BCUT2D eigenvalue weighted by Crippen LogP contribution is -2.37. The van der Waals surface area contributed by atoms with Gasteiger partial charge in [-0.25, -0.2) is 9.19 Å². The van der Waals surface area contributed by atoms with Gasteiger partial charge in [0.05, 0.1) is 10.3 Å². The molecule has 8 nitrogen and oxygen atoms in total. The number of anilines is 1. The number of nitrogens with two attached hydrogens (primary N) is 2. The van der Waals surface area contributed by atoms with Crippen LogP contribution in [0.15, 0.2) is 51.9 Å². The molecule has 3 unspecified atom stereocenters. The zero-order valence-corrected chi connectivity index (χ0v) is 23.7. The van der Waals surface area contributed by atoms with Gasteiger partial charge < -0.3 is 20.9 Å². The van der Waals surface area contributed by atoms with E-state index in [0.29, 0.717) is 33.5 Å². The van der Waals surface area contributed by atoms with Crippen molar-refractivity contribution in [3.05, 3.63) is 53.5 Å². The van der Waals surface area contributed by atoms with Crippen LogP contribution in [-0.4, -0.2) is 49.5 Å². The lowest BCUT2D eigenvalue weighted by Gasteiger charge is -2.35. The number of rotatable bonds is 8. The van der Waals surface area contributed by atoms with Crippen LogP contribution in [0.4, 0.5) is 5.82 Å². The molecule has 3 atom stereocenters. The maximum Gasteiger partial charge on any atom is 0.226 e. The third kappa shape index (κ3) is 5.90. The highest BCUT2D eigenvalue weighted by Gasteiger charge is 2.35. The van der Waals surface area contributed by atoms with Gasteiger partial charge in [-0.05, 0) is 106 Å². The lowest BCUT2D eigenvalue weighted by atomic mass is 9.83. The number of piperidine rings is 1. The molecule has 3 fully saturated rings. The van der Waals surface area contributed by atoms with Crippen LogP contribution in [0.5, 0.6) is 0 Å². The first-order valence-corrected chi connectivity index (χ1v) is 15.5. The van der Waals surface area contributed by atoms with E-state index < -0.39 is 11.0 Å². The Balaban J connectivity index is 1.20. The third-order valence-electron chi connectivity index (χ3n) is 8.69. The Hall–Kier alpha value is -2.75. The number of halogens is 1. The Morgan fingerprint density at radius 1 is 1.08 bits per heavy atom. The maximum absolute atomic E-state index is 12.5. The van der Waals surface area contributed by atoms with Crippen molar-refractivity contribution < 1.29 is 4.21 Å². The van der Waals surface area contributed by atoms with Crippen LogP contribution in [0.1, 0.15) is 56.6 Å². The zero-order chi connectivity index (χ0) is 26.9. The normalized spacial score (nSPS) is 24.2. The largest absolute Gasteiger partial charge is 0.398 e. The summed E-state index contributed by atoms with van der Waals surface area (Å²) in [4.78, 5) is 12.1. The Morgan fingerprint density at radius 3 is 2.59 bits per heavy atom. The standard InChI is InChI=1S/C29H36ClN7OS/c30-29-34-27(32)26-24(25(31)10-13-33-39(38)23-4-2-1-3-5-23)18-37(28(26)35-29)22-9-8-21(16-22)20-11-14-36(15-12-20)17-19-6-7-19/h1-5,10,13,18-22H,6-9,11-12,14-17,31H2,(H2,32,34,35)/b25-10-,33-13+. The first-order chi connectivity index (χ1) is 19.0. The van der Waals surface area contributed by atoms with Gasteiger partial charge >= 0.3 is 0 Å². The molecule has 2 saturated carbocycles. The van der Waals surface area contributed by atoms with E-state index >= 15 is 0 Å². The number of benzene rings is 1. The van der Waals surface area contributed by atoms with Crippen LogP contribution in [0.2, 0.25) is 5.28 Å². The molecule has 4 N–H and O–H groups in total. The highest BCUT2D eigenvalue weighted by molar-refractivity contribution is 7.83. The Kier molecular flexibility index (Phi) is 7.73.